The number of carbonyl (C=O) groups excluding carboxylic acids is 1. The van der Waals surface area contributed by atoms with Gasteiger partial charge in [-0.25, -0.2) is 9.59 Å². The molecule has 1 heterocycles. The van der Waals surface area contributed by atoms with Crippen molar-refractivity contribution in [3.63, 3.8) is 0 Å². The van der Waals surface area contributed by atoms with Gasteiger partial charge in [-0.15, -0.1) is 11.3 Å². The maximum absolute atomic E-state index is 11.7. The first-order valence-corrected chi connectivity index (χ1v) is 7.73. The second kappa shape index (κ2) is 7.24. The number of benzene rings is 1. The molecule has 0 aliphatic rings. The molecule has 0 fully saturated rings. The van der Waals surface area contributed by atoms with Crippen LogP contribution in [0.25, 0.3) is 0 Å². The molecule has 0 bridgehead atoms. The number of amides is 2. The smallest absolute Gasteiger partial charge is 0.335 e. The van der Waals surface area contributed by atoms with Crippen LogP contribution in [0.2, 0.25) is 0 Å². The second-order valence-corrected chi connectivity index (χ2v) is 6.80. The van der Waals surface area contributed by atoms with Crippen LogP contribution in [0, 0.1) is 0 Å². The van der Waals surface area contributed by atoms with Crippen molar-refractivity contribution in [1.82, 2.24) is 10.6 Å². The Kier molecular flexibility index (Phi) is 5.35. The lowest BCUT2D eigenvalue weighted by Gasteiger charge is -2.07. The lowest BCUT2D eigenvalue weighted by Crippen LogP contribution is -2.34. The highest BCUT2D eigenvalue weighted by Crippen LogP contribution is 2.21. The van der Waals surface area contributed by atoms with Gasteiger partial charge in [0.25, 0.3) is 0 Å². The zero-order valence-corrected chi connectivity index (χ0v) is 13.3. The summed E-state index contributed by atoms with van der Waals surface area (Å²) in [6, 6.07) is 10.0. The fourth-order valence-electron chi connectivity index (χ4n) is 1.67. The average molecular weight is 369 g/mol. The maximum Gasteiger partial charge on any atom is 0.335 e. The third-order valence-corrected chi connectivity index (χ3v) is 4.30. The van der Waals surface area contributed by atoms with Crippen LogP contribution in [0.1, 0.15) is 20.8 Å². The van der Waals surface area contributed by atoms with E-state index in [2.05, 4.69) is 26.6 Å². The molecule has 21 heavy (non-hydrogen) atoms. The number of hydrogen-bond donors (Lipinski definition) is 3. The first kappa shape index (κ1) is 15.5. The molecule has 5 nitrogen and oxygen atoms in total. The number of aromatic carboxylic acids is 1. The molecule has 1 aromatic carbocycles. The van der Waals surface area contributed by atoms with Gasteiger partial charge in [0.2, 0.25) is 0 Å². The molecule has 3 N–H and O–H groups in total. The first-order valence-electron chi connectivity index (χ1n) is 6.13. The third-order valence-electron chi connectivity index (χ3n) is 2.68. The van der Waals surface area contributed by atoms with Crippen LogP contribution in [0.4, 0.5) is 4.79 Å². The molecule has 7 heteroatoms. The van der Waals surface area contributed by atoms with Gasteiger partial charge in [-0.05, 0) is 45.8 Å². The van der Waals surface area contributed by atoms with Crippen LogP contribution in [0.3, 0.4) is 0 Å². The molecule has 0 aliphatic heterocycles. The van der Waals surface area contributed by atoms with Crippen LogP contribution in [0.5, 0.6) is 0 Å². The minimum atomic E-state index is -0.982. The fraction of sp³-hybridized carbons (Fsp3) is 0.143. The van der Waals surface area contributed by atoms with Crippen LogP contribution >= 0.6 is 27.3 Å². The molecule has 0 aliphatic carbocycles. The van der Waals surface area contributed by atoms with E-state index in [0.717, 1.165) is 14.2 Å². The van der Waals surface area contributed by atoms with E-state index in [-0.39, 0.29) is 18.1 Å². The summed E-state index contributed by atoms with van der Waals surface area (Å²) in [6.45, 7) is 0.734. The number of hydrogen-bond acceptors (Lipinski definition) is 3. The van der Waals surface area contributed by atoms with Gasteiger partial charge in [-0.2, -0.15) is 0 Å². The summed E-state index contributed by atoms with van der Waals surface area (Å²) in [5, 5.41) is 14.3. The summed E-state index contributed by atoms with van der Waals surface area (Å²) < 4.78 is 1.02. The average Bonchev–Trinajstić information content (AvgIpc) is 2.89. The van der Waals surface area contributed by atoms with Crippen molar-refractivity contribution in [2.45, 2.75) is 13.1 Å². The van der Waals surface area contributed by atoms with Gasteiger partial charge < -0.3 is 15.7 Å². The van der Waals surface area contributed by atoms with Crippen LogP contribution < -0.4 is 10.6 Å². The summed E-state index contributed by atoms with van der Waals surface area (Å²) >= 11 is 4.92. The largest absolute Gasteiger partial charge is 0.478 e. The van der Waals surface area contributed by atoms with Gasteiger partial charge in [0.1, 0.15) is 0 Å². The molecule has 110 valence electrons. The normalized spacial score (nSPS) is 10.1. The van der Waals surface area contributed by atoms with Crippen molar-refractivity contribution in [3.05, 3.63) is 56.2 Å². The van der Waals surface area contributed by atoms with Crippen molar-refractivity contribution in [3.8, 4) is 0 Å². The Labute approximate surface area is 134 Å². The van der Waals surface area contributed by atoms with E-state index in [9.17, 15) is 9.59 Å². The molecule has 0 saturated carbocycles. The Hall–Kier alpha value is -1.86. The Morgan fingerprint density at radius 1 is 1.14 bits per heavy atom. The predicted octanol–water partition coefficient (Wildman–Crippen LogP) is 3.21. The van der Waals surface area contributed by atoms with Gasteiger partial charge in [0.15, 0.2) is 0 Å². The van der Waals surface area contributed by atoms with E-state index in [0.29, 0.717) is 6.54 Å². The highest BCUT2D eigenvalue weighted by molar-refractivity contribution is 9.11. The monoisotopic (exact) mass is 368 g/mol. The molecule has 0 unspecified atom stereocenters. The SMILES string of the molecule is O=C(NCc1cccc(C(=O)O)c1)NCc1ccc(Br)s1. The summed E-state index contributed by atoms with van der Waals surface area (Å²) in [4.78, 5) is 23.6. The number of carboxylic acid groups (broad SMARTS) is 1. The Morgan fingerprint density at radius 2 is 1.90 bits per heavy atom. The molecule has 0 radical (unpaired) electrons. The van der Waals surface area contributed by atoms with Crippen molar-refractivity contribution < 1.29 is 14.7 Å². The van der Waals surface area contributed by atoms with Gasteiger partial charge in [-0.1, -0.05) is 12.1 Å². The molecule has 2 amide bonds. The summed E-state index contributed by atoms with van der Waals surface area (Å²) in [5.41, 5.74) is 0.946. The Balaban J connectivity index is 1.81. The van der Waals surface area contributed by atoms with Crippen molar-refractivity contribution in [2.24, 2.45) is 0 Å². The van der Waals surface area contributed by atoms with Crippen LogP contribution in [-0.2, 0) is 13.1 Å². The third kappa shape index (κ3) is 4.87. The standard InChI is InChI=1S/C14H13BrN2O3S/c15-12-5-4-11(21-12)8-17-14(20)16-7-9-2-1-3-10(6-9)13(18)19/h1-6H,7-8H2,(H,18,19)(H2,16,17,20). The number of halogens is 1. The van der Waals surface area contributed by atoms with E-state index >= 15 is 0 Å². The fourth-order valence-corrected chi connectivity index (χ4v) is 3.10. The van der Waals surface area contributed by atoms with Gasteiger partial charge in [0.05, 0.1) is 15.9 Å². The maximum atomic E-state index is 11.7. The quantitative estimate of drug-likeness (QED) is 0.757. The van der Waals surface area contributed by atoms with E-state index < -0.39 is 5.97 Å². The van der Waals surface area contributed by atoms with Gasteiger partial charge in [0, 0.05) is 11.4 Å². The van der Waals surface area contributed by atoms with Crippen LogP contribution in [-0.4, -0.2) is 17.1 Å². The zero-order valence-electron chi connectivity index (χ0n) is 10.9. The number of urea groups is 1. The first-order chi connectivity index (χ1) is 10.0. The van der Waals surface area contributed by atoms with Crippen molar-refractivity contribution >= 4 is 39.3 Å². The highest BCUT2D eigenvalue weighted by Gasteiger charge is 2.05. The summed E-state index contributed by atoms with van der Waals surface area (Å²) in [6.07, 6.45) is 0. The molecule has 0 spiro atoms. The lowest BCUT2D eigenvalue weighted by molar-refractivity contribution is 0.0696. The van der Waals surface area contributed by atoms with Crippen molar-refractivity contribution in [2.75, 3.05) is 0 Å². The van der Waals surface area contributed by atoms with Gasteiger partial charge in [-0.3, -0.25) is 0 Å². The number of carbonyl (C=O) groups is 2. The van der Waals surface area contributed by atoms with E-state index in [4.69, 9.17) is 5.11 Å². The highest BCUT2D eigenvalue weighted by atomic mass is 79.9. The Bertz CT molecular complexity index is 657. The van der Waals surface area contributed by atoms with E-state index in [1.54, 1.807) is 29.5 Å². The molecule has 0 atom stereocenters. The summed E-state index contributed by atoms with van der Waals surface area (Å²) in [5.74, 6) is -0.982. The zero-order chi connectivity index (χ0) is 15.2. The Morgan fingerprint density at radius 3 is 2.57 bits per heavy atom. The number of thiophene rings is 1. The number of nitrogens with one attached hydrogen (secondary N) is 2. The number of rotatable bonds is 5. The molecule has 0 saturated heterocycles. The molecule has 2 aromatic rings. The van der Waals surface area contributed by atoms with Crippen molar-refractivity contribution in [1.29, 1.82) is 0 Å². The van der Waals surface area contributed by atoms with Crippen LogP contribution in [0.15, 0.2) is 40.2 Å². The molecular formula is C14H13BrN2O3S. The van der Waals surface area contributed by atoms with Gasteiger partial charge >= 0.3 is 12.0 Å². The van der Waals surface area contributed by atoms with E-state index in [1.807, 2.05) is 12.1 Å². The number of carboxylic acids is 1. The minimum Gasteiger partial charge on any atom is -0.478 e. The molecule has 2 rings (SSSR count). The second-order valence-electron chi connectivity index (χ2n) is 4.25. The lowest BCUT2D eigenvalue weighted by atomic mass is 10.1. The minimum absolute atomic E-state index is 0.207. The predicted molar refractivity (Wildman–Crippen MR) is 84.5 cm³/mol. The topological polar surface area (TPSA) is 78.4 Å². The molecule has 1 aromatic heterocycles. The summed E-state index contributed by atoms with van der Waals surface area (Å²) in [7, 11) is 0. The molecular weight excluding hydrogens is 356 g/mol. The van der Waals surface area contributed by atoms with E-state index in [1.165, 1.54) is 6.07 Å².